The zero-order valence-electron chi connectivity index (χ0n) is 11.1. The minimum atomic E-state index is 0.538. The third-order valence-electron chi connectivity index (χ3n) is 3.45. The molecule has 0 fully saturated rings. The van der Waals surface area contributed by atoms with E-state index >= 15 is 0 Å². The maximum Gasteiger partial charge on any atom is 0.0656 e. The first-order valence-corrected chi connectivity index (χ1v) is 8.58. The molecule has 1 N–H and O–H groups in total. The summed E-state index contributed by atoms with van der Waals surface area (Å²) < 4.78 is 1.39. The van der Waals surface area contributed by atoms with E-state index in [2.05, 4.69) is 60.2 Å². The molecule has 0 amide bonds. The molecule has 98 valence electrons. The van der Waals surface area contributed by atoms with Gasteiger partial charge in [0.1, 0.15) is 0 Å². The van der Waals surface area contributed by atoms with E-state index < -0.39 is 0 Å². The Morgan fingerprint density at radius 1 is 1.41 bits per heavy atom. The van der Waals surface area contributed by atoms with Crippen LogP contribution in [0.1, 0.15) is 57.6 Å². The summed E-state index contributed by atoms with van der Waals surface area (Å²) in [6, 6.07) is 2.86. The van der Waals surface area contributed by atoms with Crippen LogP contribution >= 0.6 is 33.9 Å². The molecule has 1 aromatic rings. The highest BCUT2D eigenvalue weighted by Crippen LogP contribution is 2.29. The monoisotopic (exact) mass is 365 g/mol. The molecule has 17 heavy (non-hydrogen) atoms. The van der Waals surface area contributed by atoms with Gasteiger partial charge in [0.2, 0.25) is 0 Å². The zero-order chi connectivity index (χ0) is 12.7. The van der Waals surface area contributed by atoms with Crippen LogP contribution in [0.25, 0.3) is 0 Å². The number of rotatable bonds is 8. The summed E-state index contributed by atoms with van der Waals surface area (Å²) in [5, 5.41) is 5.78. The van der Waals surface area contributed by atoms with Crippen LogP contribution in [0.2, 0.25) is 0 Å². The predicted octanol–water partition coefficient (Wildman–Crippen LogP) is 5.22. The van der Waals surface area contributed by atoms with Crippen LogP contribution < -0.4 is 5.32 Å². The van der Waals surface area contributed by atoms with Crippen molar-refractivity contribution in [3.05, 3.63) is 19.9 Å². The van der Waals surface area contributed by atoms with E-state index in [-0.39, 0.29) is 0 Å². The summed E-state index contributed by atoms with van der Waals surface area (Å²) in [6.07, 6.45) is 6.65. The van der Waals surface area contributed by atoms with E-state index in [0.717, 1.165) is 5.92 Å². The van der Waals surface area contributed by atoms with Crippen molar-refractivity contribution in [3.8, 4) is 0 Å². The van der Waals surface area contributed by atoms with E-state index in [1.165, 1.54) is 40.6 Å². The van der Waals surface area contributed by atoms with Crippen LogP contribution in [-0.4, -0.2) is 7.05 Å². The fraction of sp³-hybridized carbons (Fsp3) is 0.714. The predicted molar refractivity (Wildman–Crippen MR) is 86.8 cm³/mol. The molecular weight excluding hydrogens is 341 g/mol. The van der Waals surface area contributed by atoms with Gasteiger partial charge in [-0.05, 0) is 59.0 Å². The summed E-state index contributed by atoms with van der Waals surface area (Å²) in [6.45, 7) is 4.61. The number of thiophene rings is 1. The van der Waals surface area contributed by atoms with Crippen molar-refractivity contribution in [2.75, 3.05) is 7.05 Å². The lowest BCUT2D eigenvalue weighted by Crippen LogP contribution is -2.19. The first kappa shape index (κ1) is 15.4. The molecule has 0 radical (unpaired) electrons. The number of hydrogen-bond donors (Lipinski definition) is 1. The quantitative estimate of drug-likeness (QED) is 0.623. The Labute approximate surface area is 124 Å². The van der Waals surface area contributed by atoms with Crippen LogP contribution in [0.3, 0.4) is 0 Å². The van der Waals surface area contributed by atoms with Crippen molar-refractivity contribution in [1.82, 2.24) is 5.32 Å². The summed E-state index contributed by atoms with van der Waals surface area (Å²) >= 11 is 4.25. The molecule has 1 rings (SSSR count). The van der Waals surface area contributed by atoms with E-state index in [4.69, 9.17) is 0 Å². The molecule has 0 aliphatic rings. The molecule has 0 aliphatic carbocycles. The second-order valence-electron chi connectivity index (χ2n) is 4.68. The lowest BCUT2D eigenvalue weighted by molar-refractivity contribution is 0.365. The first-order valence-electron chi connectivity index (χ1n) is 6.62. The molecule has 0 bridgehead atoms. The maximum absolute atomic E-state index is 3.48. The van der Waals surface area contributed by atoms with Gasteiger partial charge in [0, 0.05) is 6.04 Å². The maximum atomic E-state index is 3.48. The van der Waals surface area contributed by atoms with E-state index in [1.807, 2.05) is 11.3 Å². The average molecular weight is 365 g/mol. The average Bonchev–Trinajstić information content (AvgIpc) is 2.76. The number of halogens is 1. The highest BCUT2D eigenvalue weighted by molar-refractivity contribution is 14.1. The molecule has 0 saturated heterocycles. The summed E-state index contributed by atoms with van der Waals surface area (Å²) in [4.78, 5) is 0. The Balaban J connectivity index is 2.55. The Morgan fingerprint density at radius 3 is 2.65 bits per heavy atom. The number of hydrogen-bond acceptors (Lipinski definition) is 2. The van der Waals surface area contributed by atoms with Crippen molar-refractivity contribution in [2.45, 2.75) is 52.0 Å². The molecule has 1 aromatic heterocycles. The standard InChI is InChI=1S/C14H24INS/c1-4-6-7-11(5-2)8-13(16-3)12-9-14(15)17-10-12/h9-11,13,16H,4-8H2,1-3H3. The largest absolute Gasteiger partial charge is 0.313 e. The minimum Gasteiger partial charge on any atom is -0.313 e. The summed E-state index contributed by atoms with van der Waals surface area (Å²) in [5.74, 6) is 0.866. The molecule has 3 heteroatoms. The van der Waals surface area contributed by atoms with Crippen molar-refractivity contribution >= 4 is 33.9 Å². The second kappa shape index (κ2) is 8.48. The Kier molecular flexibility index (Phi) is 7.71. The molecule has 1 heterocycles. The highest BCUT2D eigenvalue weighted by atomic mass is 127. The first-order chi connectivity index (χ1) is 8.21. The fourth-order valence-electron chi connectivity index (χ4n) is 2.24. The van der Waals surface area contributed by atoms with Gasteiger partial charge in [0.05, 0.1) is 2.88 Å². The van der Waals surface area contributed by atoms with Gasteiger partial charge in [-0.1, -0.05) is 39.5 Å². The highest BCUT2D eigenvalue weighted by Gasteiger charge is 2.16. The van der Waals surface area contributed by atoms with Crippen LogP contribution in [-0.2, 0) is 0 Å². The SMILES string of the molecule is CCCCC(CC)CC(NC)c1csc(I)c1. The Morgan fingerprint density at radius 2 is 2.18 bits per heavy atom. The van der Waals surface area contributed by atoms with Gasteiger partial charge in [0.15, 0.2) is 0 Å². The number of unbranched alkanes of at least 4 members (excludes halogenated alkanes) is 1. The summed E-state index contributed by atoms with van der Waals surface area (Å²) in [7, 11) is 2.09. The lowest BCUT2D eigenvalue weighted by atomic mass is 9.90. The van der Waals surface area contributed by atoms with E-state index in [9.17, 15) is 0 Å². The Hall–Kier alpha value is 0.390. The van der Waals surface area contributed by atoms with Crippen LogP contribution in [0.15, 0.2) is 11.4 Å². The van der Waals surface area contributed by atoms with Gasteiger partial charge in [0.25, 0.3) is 0 Å². The fourth-order valence-corrected chi connectivity index (χ4v) is 3.67. The molecule has 0 saturated carbocycles. The number of nitrogens with one attached hydrogen (secondary N) is 1. The zero-order valence-corrected chi connectivity index (χ0v) is 14.1. The van der Waals surface area contributed by atoms with Gasteiger partial charge < -0.3 is 5.32 Å². The molecule has 2 unspecified atom stereocenters. The molecule has 0 aromatic carbocycles. The molecular formula is C14H24INS. The van der Waals surface area contributed by atoms with Crippen LogP contribution in [0.5, 0.6) is 0 Å². The van der Waals surface area contributed by atoms with Gasteiger partial charge in [-0.15, -0.1) is 11.3 Å². The molecule has 0 aliphatic heterocycles. The molecule has 0 spiro atoms. The van der Waals surface area contributed by atoms with E-state index in [1.54, 1.807) is 0 Å². The minimum absolute atomic E-state index is 0.538. The van der Waals surface area contributed by atoms with Gasteiger partial charge in [-0.3, -0.25) is 0 Å². The van der Waals surface area contributed by atoms with Gasteiger partial charge >= 0.3 is 0 Å². The van der Waals surface area contributed by atoms with Crippen molar-refractivity contribution in [3.63, 3.8) is 0 Å². The second-order valence-corrected chi connectivity index (χ2v) is 7.48. The molecule has 2 atom stereocenters. The van der Waals surface area contributed by atoms with Crippen molar-refractivity contribution in [2.24, 2.45) is 5.92 Å². The molecule has 1 nitrogen and oxygen atoms in total. The van der Waals surface area contributed by atoms with E-state index in [0.29, 0.717) is 6.04 Å². The third kappa shape index (κ3) is 5.26. The Bertz CT molecular complexity index is 311. The van der Waals surface area contributed by atoms with Gasteiger partial charge in [-0.2, -0.15) is 0 Å². The van der Waals surface area contributed by atoms with Crippen LogP contribution in [0, 0.1) is 8.80 Å². The smallest absolute Gasteiger partial charge is 0.0656 e. The lowest BCUT2D eigenvalue weighted by Gasteiger charge is -2.21. The van der Waals surface area contributed by atoms with Crippen LogP contribution in [0.4, 0.5) is 0 Å². The van der Waals surface area contributed by atoms with Crippen molar-refractivity contribution in [1.29, 1.82) is 0 Å². The van der Waals surface area contributed by atoms with Crippen molar-refractivity contribution < 1.29 is 0 Å². The summed E-state index contributed by atoms with van der Waals surface area (Å²) in [5.41, 5.74) is 1.47. The third-order valence-corrected chi connectivity index (χ3v) is 5.26. The van der Waals surface area contributed by atoms with Gasteiger partial charge in [-0.25, -0.2) is 0 Å². The topological polar surface area (TPSA) is 12.0 Å². The normalized spacial score (nSPS) is 14.8.